The van der Waals surface area contributed by atoms with Crippen molar-refractivity contribution < 1.29 is 43.9 Å². The fourth-order valence-corrected chi connectivity index (χ4v) is 13.6. The average Bonchev–Trinajstić information content (AvgIpc) is 2.51. The second-order valence-corrected chi connectivity index (χ2v) is 17.6. The van der Waals surface area contributed by atoms with Gasteiger partial charge >= 0.3 is 35.2 Å². The van der Waals surface area contributed by atoms with E-state index in [1.807, 2.05) is 0 Å². The van der Waals surface area contributed by atoms with Gasteiger partial charge in [-0.25, -0.2) is 4.89 Å². The van der Waals surface area contributed by atoms with Crippen molar-refractivity contribution in [3.05, 3.63) is 0 Å². The molecule has 0 aromatic rings. The number of rotatable bonds is 13. The van der Waals surface area contributed by atoms with E-state index in [-0.39, 0.29) is 0 Å². The molecule has 0 aromatic carbocycles. The first-order chi connectivity index (χ1) is 11.0. The minimum Gasteiger partial charge on any atom is -0.371 e. The third-order valence-electron chi connectivity index (χ3n) is 2.65. The normalized spacial score (nSPS) is 14.2. The number of hydrogen-bond acceptors (Lipinski definition) is 10. The molecule has 0 fully saturated rings. The van der Waals surface area contributed by atoms with Crippen LogP contribution in [0.4, 0.5) is 0 Å². The Morgan fingerprint density at radius 1 is 0.458 bits per heavy atom. The molecule has 0 saturated heterocycles. The molecule has 0 radical (unpaired) electrons. The lowest BCUT2D eigenvalue weighted by molar-refractivity contribution is -0.203. The summed E-state index contributed by atoms with van der Waals surface area (Å²) in [6.07, 6.45) is 0. The van der Waals surface area contributed by atoms with E-state index in [0.717, 1.165) is 0 Å². The molecule has 24 heavy (non-hydrogen) atoms. The summed E-state index contributed by atoms with van der Waals surface area (Å²) in [7, 11) is -3.86. The highest BCUT2D eigenvalue weighted by molar-refractivity contribution is 6.83. The van der Waals surface area contributed by atoms with Gasteiger partial charge in [0, 0.05) is 35.5 Å². The van der Waals surface area contributed by atoms with Crippen molar-refractivity contribution in [2.45, 2.75) is 26.2 Å². The summed E-state index contributed by atoms with van der Waals surface area (Å²) in [5, 5.41) is 0. The Bertz CT molecular complexity index is 353. The highest BCUT2D eigenvalue weighted by Gasteiger charge is 2.57. The quantitative estimate of drug-likeness (QED) is 0.244. The van der Waals surface area contributed by atoms with Crippen molar-refractivity contribution in [3.8, 4) is 0 Å². The summed E-state index contributed by atoms with van der Waals surface area (Å²) in [6, 6.07) is 0. The van der Waals surface area contributed by atoms with E-state index < -0.39 is 35.2 Å². The van der Waals surface area contributed by atoms with Gasteiger partial charge in [-0.3, -0.25) is 4.58 Å². The van der Waals surface area contributed by atoms with Crippen molar-refractivity contribution >= 4 is 35.2 Å². The summed E-state index contributed by atoms with van der Waals surface area (Å²) in [4.78, 5) is 4.72. The van der Waals surface area contributed by atoms with Crippen LogP contribution in [0, 0.1) is 0 Å². The fourth-order valence-electron chi connectivity index (χ4n) is 1.79. The fraction of sp³-hybridized carbons (Fsp3) is 1.00. The van der Waals surface area contributed by atoms with Crippen LogP contribution in [0.1, 0.15) is 0 Å². The SMILES string of the molecule is COO[Si](C)(C)O[Si](OC)(OC)O[Si](C)(C)O[Si](OC)(OC)OC. The molecule has 0 saturated carbocycles. The maximum absolute atomic E-state index is 6.05. The van der Waals surface area contributed by atoms with E-state index in [0.29, 0.717) is 0 Å². The van der Waals surface area contributed by atoms with Gasteiger partial charge < -0.3 is 34.5 Å². The first-order valence-corrected chi connectivity index (χ1v) is 16.0. The summed E-state index contributed by atoms with van der Waals surface area (Å²) in [6.45, 7) is 7.10. The van der Waals surface area contributed by atoms with E-state index in [1.54, 1.807) is 26.2 Å². The zero-order valence-electron chi connectivity index (χ0n) is 16.1. The molecule has 10 nitrogen and oxygen atoms in total. The van der Waals surface area contributed by atoms with Crippen molar-refractivity contribution in [1.82, 2.24) is 0 Å². The van der Waals surface area contributed by atoms with Crippen LogP contribution in [-0.2, 0) is 43.9 Å². The molecule has 0 aliphatic carbocycles. The van der Waals surface area contributed by atoms with Crippen LogP contribution in [0.25, 0.3) is 0 Å². The van der Waals surface area contributed by atoms with Crippen LogP contribution in [0.3, 0.4) is 0 Å². The van der Waals surface area contributed by atoms with E-state index in [2.05, 4.69) is 0 Å². The zero-order chi connectivity index (χ0) is 19.1. The molecule has 0 bridgehead atoms. The topological polar surface area (TPSA) is 92.3 Å². The van der Waals surface area contributed by atoms with Crippen molar-refractivity contribution in [3.63, 3.8) is 0 Å². The van der Waals surface area contributed by atoms with Gasteiger partial charge in [0.1, 0.15) is 0 Å². The van der Waals surface area contributed by atoms with Crippen LogP contribution in [0.2, 0.25) is 26.2 Å². The Morgan fingerprint density at radius 3 is 1.12 bits per heavy atom. The van der Waals surface area contributed by atoms with Crippen LogP contribution < -0.4 is 0 Å². The molecule has 0 aliphatic heterocycles. The molecule has 0 N–H and O–H groups in total. The second kappa shape index (κ2) is 9.97. The lowest BCUT2D eigenvalue weighted by Gasteiger charge is -2.38. The highest BCUT2D eigenvalue weighted by atomic mass is 28.5. The highest BCUT2D eigenvalue weighted by Crippen LogP contribution is 2.26. The minimum absolute atomic E-state index is 1.40. The second-order valence-electron chi connectivity index (χ2n) is 5.38. The standard InChI is InChI=1S/C10H30O10Si4/c1-11-17-21(7,8)18-24(15-5,16-6)20-22(9,10)19-23(12-2,13-3)14-4/h1-10H3. The molecule has 0 spiro atoms. The predicted molar refractivity (Wildman–Crippen MR) is 92.9 cm³/mol. The smallest absolute Gasteiger partial charge is 0.371 e. The Morgan fingerprint density at radius 2 is 0.792 bits per heavy atom. The Balaban J connectivity index is 5.34. The van der Waals surface area contributed by atoms with E-state index in [9.17, 15) is 0 Å². The molecular formula is C10H30O10Si4. The maximum Gasteiger partial charge on any atom is 0.669 e. The molecule has 14 heteroatoms. The lowest BCUT2D eigenvalue weighted by atomic mass is 11.8. The van der Waals surface area contributed by atoms with E-state index in [1.165, 1.54) is 42.7 Å². The molecule has 0 aliphatic rings. The van der Waals surface area contributed by atoms with Gasteiger partial charge in [-0.1, -0.05) is 0 Å². The van der Waals surface area contributed by atoms with Gasteiger partial charge in [0.2, 0.25) is 0 Å². The molecule has 0 amide bonds. The Hall–Kier alpha value is 0.468. The molecule has 0 aromatic heterocycles. The van der Waals surface area contributed by atoms with Gasteiger partial charge in [-0.15, -0.1) is 0 Å². The summed E-state index contributed by atoms with van der Waals surface area (Å²) in [5.41, 5.74) is 0. The molecular weight excluding hydrogens is 392 g/mol. The third kappa shape index (κ3) is 7.38. The van der Waals surface area contributed by atoms with Gasteiger partial charge in [0.05, 0.1) is 7.11 Å². The zero-order valence-corrected chi connectivity index (χ0v) is 20.1. The lowest BCUT2D eigenvalue weighted by Crippen LogP contribution is -2.64. The third-order valence-corrected chi connectivity index (χ3v) is 14.6. The van der Waals surface area contributed by atoms with Crippen LogP contribution in [0.15, 0.2) is 0 Å². The Labute approximate surface area is 148 Å². The van der Waals surface area contributed by atoms with Crippen molar-refractivity contribution in [2.24, 2.45) is 0 Å². The first-order valence-electron chi connectivity index (χ1n) is 7.07. The van der Waals surface area contributed by atoms with Crippen LogP contribution in [0.5, 0.6) is 0 Å². The summed E-state index contributed by atoms with van der Waals surface area (Å²) >= 11 is 0. The van der Waals surface area contributed by atoms with E-state index in [4.69, 9.17) is 43.9 Å². The van der Waals surface area contributed by atoms with Crippen LogP contribution >= 0.6 is 0 Å². The average molecular weight is 423 g/mol. The van der Waals surface area contributed by atoms with Gasteiger partial charge in [0.25, 0.3) is 0 Å². The molecule has 0 heterocycles. The predicted octanol–water partition coefficient (Wildman–Crippen LogP) is 1.12. The maximum atomic E-state index is 6.05. The molecule has 146 valence electrons. The Kier molecular flexibility index (Phi) is 10.2. The van der Waals surface area contributed by atoms with Crippen molar-refractivity contribution in [1.29, 1.82) is 0 Å². The number of hydrogen-bond donors (Lipinski definition) is 0. The van der Waals surface area contributed by atoms with Gasteiger partial charge in [-0.05, 0) is 26.2 Å². The first kappa shape index (κ1) is 24.5. The molecule has 0 atom stereocenters. The van der Waals surface area contributed by atoms with Crippen LogP contribution in [-0.4, -0.2) is 77.9 Å². The summed E-state index contributed by atoms with van der Waals surface area (Å²) < 4.78 is 49.8. The van der Waals surface area contributed by atoms with Crippen molar-refractivity contribution in [2.75, 3.05) is 42.7 Å². The molecule has 0 rings (SSSR count). The minimum atomic E-state index is -3.54. The largest absolute Gasteiger partial charge is 0.669 e. The summed E-state index contributed by atoms with van der Waals surface area (Å²) in [5.74, 6) is 0. The van der Waals surface area contributed by atoms with Gasteiger partial charge in [-0.2, -0.15) is 0 Å². The molecule has 0 unspecified atom stereocenters. The monoisotopic (exact) mass is 422 g/mol. The van der Waals surface area contributed by atoms with Gasteiger partial charge in [0.15, 0.2) is 0 Å². The van der Waals surface area contributed by atoms with E-state index >= 15 is 0 Å².